The van der Waals surface area contributed by atoms with Crippen LogP contribution < -0.4 is 5.32 Å². The van der Waals surface area contributed by atoms with Gasteiger partial charge in [-0.05, 0) is 26.0 Å². The molecule has 0 bridgehead atoms. The van der Waals surface area contributed by atoms with Crippen LogP contribution in [0.5, 0.6) is 0 Å². The van der Waals surface area contributed by atoms with Gasteiger partial charge in [-0.25, -0.2) is 4.79 Å². The number of hydrogen-bond donors (Lipinski definition) is 1. The topological polar surface area (TPSA) is 94.6 Å². The Hall–Kier alpha value is -3.35. The molecule has 0 aliphatic rings. The van der Waals surface area contributed by atoms with Crippen LogP contribution in [0.25, 0.3) is 0 Å². The zero-order chi connectivity index (χ0) is 17.8. The third-order valence-corrected chi connectivity index (χ3v) is 3.39. The van der Waals surface area contributed by atoms with Gasteiger partial charge in [-0.15, -0.1) is 0 Å². The van der Waals surface area contributed by atoms with Crippen LogP contribution in [-0.4, -0.2) is 17.0 Å². The summed E-state index contributed by atoms with van der Waals surface area (Å²) in [5.74, 6) is 0.127. The molecule has 7 nitrogen and oxygen atoms in total. The highest BCUT2D eigenvalue weighted by Crippen LogP contribution is 2.22. The van der Waals surface area contributed by atoms with Gasteiger partial charge in [-0.1, -0.05) is 35.5 Å². The quantitative estimate of drug-likeness (QED) is 0.715. The molecule has 0 fully saturated rings. The molecule has 0 aliphatic heterocycles. The standard InChI is InChI=1S/C18H16N2O5/c1-11-8-9-14(23-11)18(22)24-16(13-6-4-3-5-7-13)17(21)19-15-10-12(2)25-20-15/h3-10,16H,1-2H3,(H,19,20,21). The molecule has 2 heterocycles. The van der Waals surface area contributed by atoms with E-state index < -0.39 is 18.0 Å². The predicted molar refractivity (Wildman–Crippen MR) is 87.9 cm³/mol. The van der Waals surface area contributed by atoms with Crippen LogP contribution in [0.4, 0.5) is 5.82 Å². The van der Waals surface area contributed by atoms with E-state index in [1.807, 2.05) is 0 Å². The normalized spacial score (nSPS) is 11.8. The maximum atomic E-state index is 12.6. The van der Waals surface area contributed by atoms with Crippen molar-refractivity contribution >= 4 is 17.7 Å². The summed E-state index contributed by atoms with van der Waals surface area (Å²) >= 11 is 0. The lowest BCUT2D eigenvalue weighted by atomic mass is 10.1. The van der Waals surface area contributed by atoms with Gasteiger partial charge in [0.1, 0.15) is 11.5 Å². The van der Waals surface area contributed by atoms with Crippen LogP contribution >= 0.6 is 0 Å². The first-order valence-electron chi connectivity index (χ1n) is 7.59. The lowest BCUT2D eigenvalue weighted by molar-refractivity contribution is -0.125. The molecule has 0 saturated carbocycles. The number of esters is 1. The van der Waals surface area contributed by atoms with E-state index in [0.717, 1.165) is 0 Å². The van der Waals surface area contributed by atoms with Gasteiger partial charge in [-0.2, -0.15) is 0 Å². The molecule has 0 saturated heterocycles. The Balaban J connectivity index is 1.82. The monoisotopic (exact) mass is 340 g/mol. The second kappa shape index (κ2) is 7.04. The first kappa shape index (κ1) is 16.5. The molecular formula is C18H16N2O5. The molecule has 1 atom stereocenters. The average Bonchev–Trinajstić information content (AvgIpc) is 3.21. The second-order valence-corrected chi connectivity index (χ2v) is 5.42. The molecule has 3 rings (SSSR count). The number of furan rings is 1. The number of aromatic nitrogens is 1. The summed E-state index contributed by atoms with van der Waals surface area (Å²) in [5.41, 5.74) is 0.525. The fraction of sp³-hybridized carbons (Fsp3) is 0.167. The number of aryl methyl sites for hydroxylation is 2. The number of rotatable bonds is 5. The fourth-order valence-electron chi connectivity index (χ4n) is 2.23. The van der Waals surface area contributed by atoms with Crippen molar-refractivity contribution in [1.82, 2.24) is 5.16 Å². The molecule has 128 valence electrons. The molecule has 25 heavy (non-hydrogen) atoms. The Morgan fingerprint density at radius 3 is 2.44 bits per heavy atom. The van der Waals surface area contributed by atoms with Crippen LogP contribution in [0.15, 0.2) is 57.5 Å². The zero-order valence-electron chi connectivity index (χ0n) is 13.7. The smallest absolute Gasteiger partial charge is 0.375 e. The second-order valence-electron chi connectivity index (χ2n) is 5.42. The summed E-state index contributed by atoms with van der Waals surface area (Å²) in [7, 11) is 0. The zero-order valence-corrected chi connectivity index (χ0v) is 13.7. The van der Waals surface area contributed by atoms with E-state index >= 15 is 0 Å². The maximum absolute atomic E-state index is 12.6. The van der Waals surface area contributed by atoms with E-state index in [2.05, 4.69) is 10.5 Å². The van der Waals surface area contributed by atoms with E-state index in [4.69, 9.17) is 13.7 Å². The van der Waals surface area contributed by atoms with Crippen molar-refractivity contribution in [2.24, 2.45) is 0 Å². The van der Waals surface area contributed by atoms with Crippen molar-refractivity contribution in [1.29, 1.82) is 0 Å². The number of nitrogens with one attached hydrogen (secondary N) is 1. The highest BCUT2D eigenvalue weighted by Gasteiger charge is 2.27. The van der Waals surface area contributed by atoms with E-state index in [1.165, 1.54) is 6.07 Å². The van der Waals surface area contributed by atoms with Gasteiger partial charge in [0.05, 0.1) is 0 Å². The van der Waals surface area contributed by atoms with Crippen LogP contribution in [0.2, 0.25) is 0 Å². The average molecular weight is 340 g/mol. The summed E-state index contributed by atoms with van der Waals surface area (Å²) in [6.07, 6.45) is -1.16. The van der Waals surface area contributed by atoms with Gasteiger partial charge in [0.2, 0.25) is 11.9 Å². The first-order valence-corrected chi connectivity index (χ1v) is 7.59. The predicted octanol–water partition coefficient (Wildman–Crippen LogP) is 3.42. The minimum absolute atomic E-state index is 0.0310. The lowest BCUT2D eigenvalue weighted by Crippen LogP contribution is -2.26. The van der Waals surface area contributed by atoms with E-state index in [-0.39, 0.29) is 11.6 Å². The van der Waals surface area contributed by atoms with Crippen molar-refractivity contribution in [3.63, 3.8) is 0 Å². The molecule has 1 amide bonds. The summed E-state index contributed by atoms with van der Waals surface area (Å²) in [5, 5.41) is 6.28. The molecular weight excluding hydrogens is 324 g/mol. The number of carbonyl (C=O) groups is 2. The van der Waals surface area contributed by atoms with Crippen molar-refractivity contribution in [3.05, 3.63) is 71.4 Å². The molecule has 1 aromatic carbocycles. The molecule has 0 aliphatic carbocycles. The summed E-state index contributed by atoms with van der Waals surface area (Å²) in [6.45, 7) is 3.42. The minimum Gasteiger partial charge on any atom is -0.454 e. The van der Waals surface area contributed by atoms with Gasteiger partial charge in [0.15, 0.2) is 5.82 Å². The van der Waals surface area contributed by atoms with Crippen LogP contribution in [-0.2, 0) is 9.53 Å². The molecule has 0 spiro atoms. The van der Waals surface area contributed by atoms with Gasteiger partial charge in [0, 0.05) is 11.6 Å². The first-order chi connectivity index (χ1) is 12.0. The number of nitrogens with zero attached hydrogens (tertiary/aromatic N) is 1. The van der Waals surface area contributed by atoms with E-state index in [1.54, 1.807) is 56.3 Å². The van der Waals surface area contributed by atoms with E-state index in [0.29, 0.717) is 17.1 Å². The number of benzene rings is 1. The van der Waals surface area contributed by atoms with Crippen molar-refractivity contribution in [2.75, 3.05) is 5.32 Å². The fourth-order valence-corrected chi connectivity index (χ4v) is 2.23. The van der Waals surface area contributed by atoms with Crippen LogP contribution in [0, 0.1) is 13.8 Å². The van der Waals surface area contributed by atoms with Gasteiger partial charge < -0.3 is 19.0 Å². The summed E-state index contributed by atoms with van der Waals surface area (Å²) < 4.78 is 15.5. The molecule has 0 radical (unpaired) electrons. The Morgan fingerprint density at radius 1 is 1.08 bits per heavy atom. The van der Waals surface area contributed by atoms with Gasteiger partial charge >= 0.3 is 5.97 Å². The van der Waals surface area contributed by atoms with Crippen molar-refractivity contribution < 1.29 is 23.3 Å². The van der Waals surface area contributed by atoms with E-state index in [9.17, 15) is 9.59 Å². The van der Waals surface area contributed by atoms with Crippen LogP contribution in [0.1, 0.15) is 33.7 Å². The Bertz CT molecular complexity index is 882. The number of carbonyl (C=O) groups excluding carboxylic acids is 2. The molecule has 7 heteroatoms. The summed E-state index contributed by atoms with van der Waals surface area (Å²) in [6, 6.07) is 13.4. The largest absolute Gasteiger partial charge is 0.454 e. The van der Waals surface area contributed by atoms with Crippen LogP contribution in [0.3, 0.4) is 0 Å². The number of amides is 1. The Kier molecular flexibility index (Phi) is 4.65. The Morgan fingerprint density at radius 2 is 1.84 bits per heavy atom. The molecule has 2 aromatic heterocycles. The lowest BCUT2D eigenvalue weighted by Gasteiger charge is -2.16. The number of hydrogen-bond acceptors (Lipinski definition) is 6. The summed E-state index contributed by atoms with van der Waals surface area (Å²) in [4.78, 5) is 24.9. The third-order valence-electron chi connectivity index (χ3n) is 3.39. The molecule has 3 aromatic rings. The Labute approximate surface area is 143 Å². The highest BCUT2D eigenvalue weighted by molar-refractivity contribution is 5.96. The highest BCUT2D eigenvalue weighted by atomic mass is 16.6. The molecule has 1 unspecified atom stereocenters. The SMILES string of the molecule is Cc1cc(NC(=O)C(OC(=O)c2ccc(C)o2)c2ccccc2)no1. The molecule has 1 N–H and O–H groups in total. The van der Waals surface area contributed by atoms with Gasteiger partial charge in [-0.3, -0.25) is 4.79 Å². The third kappa shape index (κ3) is 3.95. The maximum Gasteiger partial charge on any atom is 0.375 e. The number of anilines is 1. The van der Waals surface area contributed by atoms with Crippen molar-refractivity contribution in [2.45, 2.75) is 20.0 Å². The van der Waals surface area contributed by atoms with Crippen molar-refractivity contribution in [3.8, 4) is 0 Å². The number of ether oxygens (including phenoxy) is 1. The minimum atomic E-state index is -1.16. The van der Waals surface area contributed by atoms with Gasteiger partial charge in [0.25, 0.3) is 5.91 Å².